The Balaban J connectivity index is 1.93. The standard InChI is InChI=1S/C21H22N2O2/c1-16-13-20(25-2)11-10-18(16)14-19(15-22)21(24)23-12-6-9-17-7-4-3-5-8-17/h3-5,7-8,10-11,13-14H,6,9,12H2,1-2H3,(H,23,24)/b19-14-. The SMILES string of the molecule is COc1ccc(/C=C(/C#N)C(=O)NCCCc2ccccc2)c(C)c1. The Kier molecular flexibility index (Phi) is 6.79. The highest BCUT2D eigenvalue weighted by Crippen LogP contribution is 2.19. The fraction of sp³-hybridized carbons (Fsp3) is 0.238. The third-order valence-electron chi connectivity index (χ3n) is 3.91. The summed E-state index contributed by atoms with van der Waals surface area (Å²) in [6.07, 6.45) is 3.33. The van der Waals surface area contributed by atoms with Gasteiger partial charge in [-0.05, 0) is 54.7 Å². The number of ether oxygens (including phenoxy) is 1. The molecule has 0 unspecified atom stereocenters. The Morgan fingerprint density at radius 1 is 1.24 bits per heavy atom. The van der Waals surface area contributed by atoms with Crippen molar-refractivity contribution in [3.8, 4) is 11.8 Å². The molecular weight excluding hydrogens is 312 g/mol. The van der Waals surface area contributed by atoms with Gasteiger partial charge in [0.1, 0.15) is 17.4 Å². The second-order valence-electron chi connectivity index (χ2n) is 5.74. The van der Waals surface area contributed by atoms with Crippen LogP contribution in [-0.4, -0.2) is 19.6 Å². The summed E-state index contributed by atoms with van der Waals surface area (Å²) in [6.45, 7) is 2.45. The maximum Gasteiger partial charge on any atom is 0.261 e. The Labute approximate surface area is 148 Å². The molecule has 0 spiro atoms. The number of benzene rings is 2. The average molecular weight is 334 g/mol. The molecule has 4 nitrogen and oxygen atoms in total. The first kappa shape index (κ1) is 18.3. The van der Waals surface area contributed by atoms with E-state index in [-0.39, 0.29) is 11.5 Å². The van der Waals surface area contributed by atoms with E-state index in [1.54, 1.807) is 13.2 Å². The minimum absolute atomic E-state index is 0.105. The molecule has 0 aromatic heterocycles. The van der Waals surface area contributed by atoms with Crippen LogP contribution >= 0.6 is 0 Å². The van der Waals surface area contributed by atoms with Crippen LogP contribution in [-0.2, 0) is 11.2 Å². The number of carbonyl (C=O) groups is 1. The van der Waals surface area contributed by atoms with Crippen LogP contribution in [0.5, 0.6) is 5.75 Å². The molecule has 0 saturated carbocycles. The molecule has 0 aliphatic rings. The fourth-order valence-corrected chi connectivity index (χ4v) is 2.48. The Hall–Kier alpha value is -3.06. The molecule has 0 radical (unpaired) electrons. The largest absolute Gasteiger partial charge is 0.497 e. The number of hydrogen-bond donors (Lipinski definition) is 1. The van der Waals surface area contributed by atoms with E-state index in [1.165, 1.54) is 5.56 Å². The smallest absolute Gasteiger partial charge is 0.261 e. The highest BCUT2D eigenvalue weighted by Gasteiger charge is 2.09. The van der Waals surface area contributed by atoms with Crippen molar-refractivity contribution < 1.29 is 9.53 Å². The van der Waals surface area contributed by atoms with Gasteiger partial charge in [0.05, 0.1) is 7.11 Å². The molecule has 2 rings (SSSR count). The van der Waals surface area contributed by atoms with Crippen LogP contribution in [0.15, 0.2) is 54.1 Å². The van der Waals surface area contributed by atoms with E-state index >= 15 is 0 Å². The van der Waals surface area contributed by atoms with E-state index in [1.807, 2.05) is 49.4 Å². The maximum atomic E-state index is 12.2. The number of aryl methyl sites for hydroxylation is 2. The van der Waals surface area contributed by atoms with Crippen molar-refractivity contribution in [2.45, 2.75) is 19.8 Å². The van der Waals surface area contributed by atoms with Gasteiger partial charge in [-0.2, -0.15) is 5.26 Å². The molecule has 0 aliphatic carbocycles. The molecule has 0 fully saturated rings. The van der Waals surface area contributed by atoms with Crippen molar-refractivity contribution in [3.63, 3.8) is 0 Å². The molecule has 2 aromatic rings. The van der Waals surface area contributed by atoms with Crippen molar-refractivity contribution in [3.05, 3.63) is 70.8 Å². The lowest BCUT2D eigenvalue weighted by Crippen LogP contribution is -2.25. The number of amides is 1. The number of nitrogens with zero attached hydrogens (tertiary/aromatic N) is 1. The molecule has 0 aliphatic heterocycles. The quantitative estimate of drug-likeness (QED) is 0.477. The van der Waals surface area contributed by atoms with Gasteiger partial charge < -0.3 is 10.1 Å². The summed E-state index contributed by atoms with van der Waals surface area (Å²) in [5, 5.41) is 12.1. The number of carbonyl (C=O) groups excluding carboxylic acids is 1. The van der Waals surface area contributed by atoms with Gasteiger partial charge in [-0.15, -0.1) is 0 Å². The minimum Gasteiger partial charge on any atom is -0.497 e. The highest BCUT2D eigenvalue weighted by atomic mass is 16.5. The van der Waals surface area contributed by atoms with E-state index < -0.39 is 0 Å². The summed E-state index contributed by atoms with van der Waals surface area (Å²) in [7, 11) is 1.61. The van der Waals surface area contributed by atoms with Crippen LogP contribution in [0.1, 0.15) is 23.1 Å². The van der Waals surface area contributed by atoms with Crippen LogP contribution in [0.25, 0.3) is 6.08 Å². The number of rotatable bonds is 7. The topological polar surface area (TPSA) is 62.1 Å². The van der Waals surface area contributed by atoms with Crippen molar-refractivity contribution in [2.24, 2.45) is 0 Å². The van der Waals surface area contributed by atoms with Gasteiger partial charge in [0, 0.05) is 6.54 Å². The maximum absolute atomic E-state index is 12.2. The van der Waals surface area contributed by atoms with Gasteiger partial charge >= 0.3 is 0 Å². The average Bonchev–Trinajstić information content (AvgIpc) is 2.64. The second kappa shape index (κ2) is 9.29. The lowest BCUT2D eigenvalue weighted by molar-refractivity contribution is -0.117. The first-order chi connectivity index (χ1) is 12.1. The molecule has 2 aromatic carbocycles. The molecule has 25 heavy (non-hydrogen) atoms. The molecule has 0 atom stereocenters. The van der Waals surface area contributed by atoms with Crippen LogP contribution in [0.2, 0.25) is 0 Å². The predicted octanol–water partition coefficient (Wildman–Crippen LogP) is 3.66. The number of nitrogens with one attached hydrogen (secondary N) is 1. The molecular formula is C21H22N2O2. The van der Waals surface area contributed by atoms with E-state index in [2.05, 4.69) is 17.4 Å². The van der Waals surface area contributed by atoms with Gasteiger partial charge in [-0.1, -0.05) is 36.4 Å². The normalized spacial score (nSPS) is 10.8. The Morgan fingerprint density at radius 3 is 2.64 bits per heavy atom. The summed E-state index contributed by atoms with van der Waals surface area (Å²) in [5.74, 6) is 0.407. The zero-order chi connectivity index (χ0) is 18.1. The summed E-state index contributed by atoms with van der Waals surface area (Å²) in [4.78, 5) is 12.2. The monoisotopic (exact) mass is 334 g/mol. The first-order valence-electron chi connectivity index (χ1n) is 8.22. The predicted molar refractivity (Wildman–Crippen MR) is 99.1 cm³/mol. The molecule has 0 saturated heterocycles. The van der Waals surface area contributed by atoms with Crippen molar-refractivity contribution in [1.82, 2.24) is 5.32 Å². The lowest BCUT2D eigenvalue weighted by atomic mass is 10.1. The molecule has 1 amide bonds. The Morgan fingerprint density at radius 2 is 2.00 bits per heavy atom. The number of hydrogen-bond acceptors (Lipinski definition) is 3. The molecule has 128 valence electrons. The third kappa shape index (κ3) is 5.50. The van der Waals surface area contributed by atoms with Crippen LogP contribution in [0, 0.1) is 18.3 Å². The molecule has 0 bridgehead atoms. The highest BCUT2D eigenvalue weighted by molar-refractivity contribution is 6.01. The van der Waals surface area contributed by atoms with Crippen molar-refractivity contribution in [2.75, 3.05) is 13.7 Å². The van der Waals surface area contributed by atoms with Crippen LogP contribution < -0.4 is 10.1 Å². The van der Waals surface area contributed by atoms with Crippen LogP contribution in [0.4, 0.5) is 0 Å². The molecule has 4 heteroatoms. The summed E-state index contributed by atoms with van der Waals surface area (Å²) < 4.78 is 5.17. The minimum atomic E-state index is -0.342. The summed E-state index contributed by atoms with van der Waals surface area (Å²) in [5.41, 5.74) is 3.12. The lowest BCUT2D eigenvalue weighted by Gasteiger charge is -2.07. The van der Waals surface area contributed by atoms with Crippen molar-refractivity contribution >= 4 is 12.0 Å². The number of nitriles is 1. The fourth-order valence-electron chi connectivity index (χ4n) is 2.48. The molecule has 1 N–H and O–H groups in total. The zero-order valence-corrected chi connectivity index (χ0v) is 14.6. The van der Waals surface area contributed by atoms with Gasteiger partial charge in [-0.25, -0.2) is 0 Å². The van der Waals surface area contributed by atoms with Crippen molar-refractivity contribution in [1.29, 1.82) is 5.26 Å². The Bertz CT molecular complexity index is 789. The third-order valence-corrected chi connectivity index (χ3v) is 3.91. The van der Waals surface area contributed by atoms with Crippen LogP contribution in [0.3, 0.4) is 0 Å². The molecule has 0 heterocycles. The van der Waals surface area contributed by atoms with E-state index in [0.29, 0.717) is 6.54 Å². The van der Waals surface area contributed by atoms with Gasteiger partial charge in [0.15, 0.2) is 0 Å². The van der Waals surface area contributed by atoms with Gasteiger partial charge in [-0.3, -0.25) is 4.79 Å². The summed E-state index contributed by atoms with van der Waals surface area (Å²) in [6, 6.07) is 17.6. The second-order valence-corrected chi connectivity index (χ2v) is 5.74. The van der Waals surface area contributed by atoms with E-state index in [9.17, 15) is 10.1 Å². The zero-order valence-electron chi connectivity index (χ0n) is 14.6. The van der Waals surface area contributed by atoms with Gasteiger partial charge in [0.25, 0.3) is 5.91 Å². The van der Waals surface area contributed by atoms with E-state index in [0.717, 1.165) is 29.7 Å². The van der Waals surface area contributed by atoms with Gasteiger partial charge in [0.2, 0.25) is 0 Å². The first-order valence-corrected chi connectivity index (χ1v) is 8.22. The number of methoxy groups -OCH3 is 1. The summed E-state index contributed by atoms with van der Waals surface area (Å²) >= 11 is 0. The van der Waals surface area contributed by atoms with E-state index in [4.69, 9.17) is 4.74 Å².